The van der Waals surface area contributed by atoms with Gasteiger partial charge in [0.15, 0.2) is 0 Å². The molecule has 4 nitrogen and oxygen atoms in total. The first-order chi connectivity index (χ1) is 7.13. The minimum Gasteiger partial charge on any atom is -0.381 e. The Morgan fingerprint density at radius 2 is 1.47 bits per heavy atom. The van der Waals surface area contributed by atoms with Crippen LogP contribution < -0.4 is 0 Å². The van der Waals surface area contributed by atoms with Crippen LogP contribution >= 0.6 is 0 Å². The fraction of sp³-hybridized carbons (Fsp3) is 1.00. The normalized spacial score (nSPS) is 12.4. The van der Waals surface area contributed by atoms with E-state index in [2.05, 4.69) is 0 Å². The highest BCUT2D eigenvalue weighted by Gasteiger charge is 2.33. The fourth-order valence-electron chi connectivity index (χ4n) is 1.46. The average Bonchev–Trinajstić information content (AvgIpc) is 2.18. The maximum Gasteiger partial charge on any atom is 0.231 e. The summed E-state index contributed by atoms with van der Waals surface area (Å²) in [5.41, 5.74) is 0. The van der Waals surface area contributed by atoms with Gasteiger partial charge in [-0.05, 0) is 34.9 Å². The van der Waals surface area contributed by atoms with Gasteiger partial charge in [0.2, 0.25) is 5.91 Å². The van der Waals surface area contributed by atoms with Gasteiger partial charge in [-0.15, -0.1) is 0 Å². The van der Waals surface area contributed by atoms with Gasteiger partial charge >= 0.3 is 0 Å². The molecule has 0 saturated heterocycles. The summed E-state index contributed by atoms with van der Waals surface area (Å²) in [6, 6.07) is 0. The predicted octanol–water partition coefficient (Wildman–Crippen LogP) is 1.70. The molecule has 0 heterocycles. The molecule has 0 spiro atoms. The summed E-state index contributed by atoms with van der Waals surface area (Å²) < 4.78 is 16.7. The summed E-state index contributed by atoms with van der Waals surface area (Å²) in [6.45, 7) is 8.56. The van der Waals surface area contributed by atoms with Crippen molar-refractivity contribution in [2.24, 2.45) is 0 Å². The maximum atomic E-state index is 5.70. The van der Waals surface area contributed by atoms with E-state index in [1.54, 1.807) is 0 Å². The number of hydrogen-bond donors (Lipinski definition) is 0. The SMILES string of the molecule is CCOCCC(OCC)(OCC)N(C)C. The quantitative estimate of drug-likeness (QED) is 0.436. The Bertz CT molecular complexity index is 145. The number of ether oxygens (including phenoxy) is 3. The summed E-state index contributed by atoms with van der Waals surface area (Å²) in [5, 5.41) is 0. The minimum atomic E-state index is -0.640. The standard InChI is InChI=1S/C11H25NO3/c1-6-13-10-9-11(12(4)5,14-7-2)15-8-3/h6-10H2,1-5H3. The van der Waals surface area contributed by atoms with Gasteiger partial charge < -0.3 is 14.2 Å². The smallest absolute Gasteiger partial charge is 0.231 e. The van der Waals surface area contributed by atoms with Gasteiger partial charge in [-0.1, -0.05) is 0 Å². The highest BCUT2D eigenvalue weighted by atomic mass is 16.7. The molecule has 0 unspecified atom stereocenters. The first-order valence-electron chi connectivity index (χ1n) is 5.66. The third-order valence-electron chi connectivity index (χ3n) is 2.19. The van der Waals surface area contributed by atoms with E-state index < -0.39 is 5.91 Å². The van der Waals surface area contributed by atoms with Crippen molar-refractivity contribution in [3.05, 3.63) is 0 Å². The van der Waals surface area contributed by atoms with Crippen LogP contribution in [0.3, 0.4) is 0 Å². The van der Waals surface area contributed by atoms with Crippen LogP contribution in [-0.2, 0) is 14.2 Å². The van der Waals surface area contributed by atoms with Gasteiger partial charge in [0.25, 0.3) is 0 Å². The average molecular weight is 219 g/mol. The Labute approximate surface area is 93.5 Å². The van der Waals surface area contributed by atoms with Gasteiger partial charge in [0.05, 0.1) is 6.61 Å². The molecule has 0 fully saturated rings. The third kappa shape index (κ3) is 4.93. The van der Waals surface area contributed by atoms with E-state index in [1.807, 2.05) is 39.8 Å². The van der Waals surface area contributed by atoms with Crippen molar-refractivity contribution < 1.29 is 14.2 Å². The second-order valence-corrected chi connectivity index (χ2v) is 3.42. The number of nitrogens with zero attached hydrogens (tertiary/aromatic N) is 1. The predicted molar refractivity (Wildman–Crippen MR) is 60.8 cm³/mol. The zero-order valence-corrected chi connectivity index (χ0v) is 10.7. The molecule has 0 aromatic rings. The van der Waals surface area contributed by atoms with Crippen LogP contribution in [0.1, 0.15) is 27.2 Å². The van der Waals surface area contributed by atoms with Crippen molar-refractivity contribution in [1.29, 1.82) is 0 Å². The second kappa shape index (κ2) is 8.05. The Kier molecular flexibility index (Phi) is 7.96. The van der Waals surface area contributed by atoms with E-state index in [9.17, 15) is 0 Å². The topological polar surface area (TPSA) is 30.9 Å². The first kappa shape index (κ1) is 14.8. The molecule has 0 bridgehead atoms. The molecular weight excluding hydrogens is 194 g/mol. The van der Waals surface area contributed by atoms with Crippen LogP contribution in [0, 0.1) is 0 Å². The summed E-state index contributed by atoms with van der Waals surface area (Å²) in [5.74, 6) is -0.640. The molecule has 0 amide bonds. The van der Waals surface area contributed by atoms with Gasteiger partial charge in [0.1, 0.15) is 0 Å². The second-order valence-electron chi connectivity index (χ2n) is 3.42. The monoisotopic (exact) mass is 219 g/mol. The molecule has 0 aromatic heterocycles. The Morgan fingerprint density at radius 1 is 0.933 bits per heavy atom. The molecule has 4 heteroatoms. The highest BCUT2D eigenvalue weighted by Crippen LogP contribution is 2.21. The first-order valence-corrected chi connectivity index (χ1v) is 5.66. The molecule has 0 atom stereocenters. The third-order valence-corrected chi connectivity index (χ3v) is 2.19. The lowest BCUT2D eigenvalue weighted by atomic mass is 10.3. The lowest BCUT2D eigenvalue weighted by Gasteiger charge is -2.38. The Morgan fingerprint density at radius 3 is 1.80 bits per heavy atom. The summed E-state index contributed by atoms with van der Waals surface area (Å²) in [6.07, 6.45) is 0.718. The molecule has 92 valence electrons. The molecule has 0 radical (unpaired) electrons. The van der Waals surface area contributed by atoms with E-state index in [-0.39, 0.29) is 0 Å². The molecule has 0 aromatic carbocycles. The van der Waals surface area contributed by atoms with Crippen molar-refractivity contribution >= 4 is 0 Å². The largest absolute Gasteiger partial charge is 0.381 e. The molecule has 0 aliphatic rings. The summed E-state index contributed by atoms with van der Waals surface area (Å²) >= 11 is 0. The van der Waals surface area contributed by atoms with Crippen LogP contribution in [0.2, 0.25) is 0 Å². The van der Waals surface area contributed by atoms with Crippen LogP contribution in [-0.4, -0.2) is 51.3 Å². The van der Waals surface area contributed by atoms with Crippen molar-refractivity contribution in [1.82, 2.24) is 4.90 Å². The maximum absolute atomic E-state index is 5.70. The lowest BCUT2D eigenvalue weighted by molar-refractivity contribution is -0.310. The van der Waals surface area contributed by atoms with Gasteiger partial charge in [-0.2, -0.15) is 0 Å². The number of hydrogen-bond acceptors (Lipinski definition) is 4. The van der Waals surface area contributed by atoms with Gasteiger partial charge in [0, 0.05) is 26.2 Å². The van der Waals surface area contributed by atoms with Gasteiger partial charge in [-0.3, -0.25) is 4.90 Å². The zero-order chi connectivity index (χ0) is 11.7. The molecule has 0 rings (SSSR count). The van der Waals surface area contributed by atoms with E-state index in [1.165, 1.54) is 0 Å². The Balaban J connectivity index is 4.33. The van der Waals surface area contributed by atoms with Crippen LogP contribution in [0.15, 0.2) is 0 Å². The van der Waals surface area contributed by atoms with Crippen molar-refractivity contribution in [3.8, 4) is 0 Å². The van der Waals surface area contributed by atoms with Crippen LogP contribution in [0.4, 0.5) is 0 Å². The van der Waals surface area contributed by atoms with Crippen molar-refractivity contribution in [2.75, 3.05) is 40.5 Å². The Hall–Kier alpha value is -0.160. The summed E-state index contributed by atoms with van der Waals surface area (Å²) in [7, 11) is 3.91. The minimum absolute atomic E-state index is 0.629. The van der Waals surface area contributed by atoms with Crippen LogP contribution in [0.25, 0.3) is 0 Å². The molecular formula is C11H25NO3. The molecule has 0 N–H and O–H groups in total. The van der Waals surface area contributed by atoms with E-state index in [4.69, 9.17) is 14.2 Å². The van der Waals surface area contributed by atoms with Gasteiger partial charge in [-0.25, -0.2) is 0 Å². The van der Waals surface area contributed by atoms with E-state index in [0.717, 1.165) is 13.0 Å². The van der Waals surface area contributed by atoms with Crippen molar-refractivity contribution in [3.63, 3.8) is 0 Å². The molecule has 0 saturated carbocycles. The van der Waals surface area contributed by atoms with Crippen molar-refractivity contribution in [2.45, 2.75) is 33.1 Å². The molecule has 15 heavy (non-hydrogen) atoms. The highest BCUT2D eigenvalue weighted by molar-refractivity contribution is 4.66. The lowest BCUT2D eigenvalue weighted by Crippen LogP contribution is -2.50. The molecule has 0 aliphatic heterocycles. The summed E-state index contributed by atoms with van der Waals surface area (Å²) in [4.78, 5) is 1.96. The van der Waals surface area contributed by atoms with Crippen LogP contribution in [0.5, 0.6) is 0 Å². The van der Waals surface area contributed by atoms with E-state index >= 15 is 0 Å². The molecule has 0 aliphatic carbocycles. The fourth-order valence-corrected chi connectivity index (χ4v) is 1.46. The number of rotatable bonds is 9. The zero-order valence-electron chi connectivity index (χ0n) is 10.7. The van der Waals surface area contributed by atoms with E-state index in [0.29, 0.717) is 19.8 Å².